The van der Waals surface area contributed by atoms with Gasteiger partial charge in [0.05, 0.1) is 12.6 Å². The fraction of sp³-hybridized carbons (Fsp3) is 0.687. The zero-order chi connectivity index (χ0) is 86.8. The van der Waals surface area contributed by atoms with Crippen LogP contribution in [0.1, 0.15) is 141 Å². The number of nitrogens with one attached hydrogen (secondary N) is 2. The number of aliphatic hydroxyl groups excluding tert-OH is 1. The smallest absolute Gasteiger partial charge is 0.246 e. The molecule has 638 valence electrons. The molecule has 3 N–H and O–H groups in total. The highest BCUT2D eigenvalue weighted by atomic mass is 33.1. The molecule has 0 saturated carbocycles. The summed E-state index contributed by atoms with van der Waals surface area (Å²) in [6.45, 7) is 27.4. The number of rotatable bonds is 37. The van der Waals surface area contributed by atoms with Crippen molar-refractivity contribution in [1.29, 1.82) is 0 Å². The maximum absolute atomic E-state index is 15.3. The summed E-state index contributed by atoms with van der Waals surface area (Å²) in [6, 6.07) is 3.30. The maximum atomic E-state index is 15.3. The standard InChI is InChI=1S/C83H134N14O15S2/c1-29-53(14)70(97(28)75(104)59(43-57-38-34-31-35-39-57)85-71(100)60-40-41-63(99)88(60)19)83(112)87(18)55(16)74(103)92(23)67(50(8)9)80(109)95(26)69(52(12)13)82(111)96(27)68(51(10)11)81(110)93(24)64(47(2)3)77(106)86(17)54(15)73(102)91(22)66(49(6)7)79(108)94(25)65(48(4)5)78(107)90(21)62-46-114-113-45-61(89(20)76(62)105)72(101)84-58(44-98)42-56-36-32-30-33-37-56/h30-39,47-55,58-62,64-70,98H,29,40-46H2,1-28H3,(H,84,101)(H,85,100)/t53-,54-,55-,58-,59-,60-,61-,62-,64-,65-,66-,67-,68-,69-,70-/m0/s1. The molecular weight excluding hydrogens is 1500 g/mol. The van der Waals surface area contributed by atoms with E-state index in [0.29, 0.717) is 12.8 Å². The number of nitrogens with zero attached hydrogens (tertiary/aromatic N) is 12. The number of carbonyl (C=O) groups excluding carboxylic acids is 14. The number of hydrogen-bond acceptors (Lipinski definition) is 17. The summed E-state index contributed by atoms with van der Waals surface area (Å²) < 4.78 is 0. The van der Waals surface area contributed by atoms with Gasteiger partial charge in [-0.25, -0.2) is 0 Å². The highest BCUT2D eigenvalue weighted by molar-refractivity contribution is 8.76. The molecule has 0 aromatic heterocycles. The van der Waals surface area contributed by atoms with Crippen LogP contribution in [0.15, 0.2) is 60.7 Å². The highest BCUT2D eigenvalue weighted by Gasteiger charge is 2.49. The van der Waals surface area contributed by atoms with Crippen LogP contribution >= 0.6 is 21.6 Å². The SMILES string of the molecule is CC[C@H](C)[C@@H](C(=O)N(C)[C@@H](C)C(=O)N(C)[C@H](C(=O)N(C)[C@H](C(=O)N(C)[C@H](C(=O)N(C)[C@H](C(=O)N(C)[C@@H](C)C(=O)N(C)[C@H](C(=O)N(C)[C@H](C(=O)N(C)[C@H]1CSSC[C@@H](C(=O)N[C@H](CO)Cc2ccccc2)N(C)C1=O)C(C)C)C(C)C)C(C)C)C(C)C)C(C)C)C(C)C)N(C)C(=O)[C@H](Cc1ccccc1)NC(=O)[C@@H]1CCC(=O)N1C. The van der Waals surface area contributed by atoms with E-state index in [4.69, 9.17) is 0 Å². The van der Waals surface area contributed by atoms with Crippen LogP contribution in [-0.4, -0.2) is 334 Å². The summed E-state index contributed by atoms with van der Waals surface area (Å²) in [6.07, 6.45) is 1.36. The van der Waals surface area contributed by atoms with Crippen molar-refractivity contribution in [1.82, 2.24) is 69.4 Å². The van der Waals surface area contributed by atoms with E-state index in [1.54, 1.807) is 90.1 Å². The number of amides is 14. The zero-order valence-corrected chi connectivity index (χ0v) is 74.5. The topological polar surface area (TPSA) is 322 Å². The molecule has 2 aromatic carbocycles. The molecule has 2 saturated heterocycles. The third-order valence-electron chi connectivity index (χ3n) is 23.0. The molecule has 14 amide bonds. The molecule has 2 aliphatic heterocycles. The molecule has 2 aromatic rings. The minimum Gasteiger partial charge on any atom is -0.394 e. The van der Waals surface area contributed by atoms with Gasteiger partial charge in [-0.05, 0) is 79.2 Å². The first-order valence-electron chi connectivity index (χ1n) is 39.8. The molecule has 15 atom stereocenters. The van der Waals surface area contributed by atoms with Crippen molar-refractivity contribution in [2.45, 2.75) is 227 Å². The maximum Gasteiger partial charge on any atom is 0.246 e. The number of aliphatic hydroxyl groups is 1. The van der Waals surface area contributed by atoms with Crippen molar-refractivity contribution in [2.24, 2.45) is 41.4 Å². The second kappa shape index (κ2) is 43.6. The monoisotopic (exact) mass is 1630 g/mol. The van der Waals surface area contributed by atoms with E-state index < -0.39 is 203 Å². The van der Waals surface area contributed by atoms with Gasteiger partial charge in [-0.15, -0.1) is 0 Å². The van der Waals surface area contributed by atoms with Gasteiger partial charge in [0.25, 0.3) is 0 Å². The molecular formula is C83H134N14O15S2. The van der Waals surface area contributed by atoms with Gasteiger partial charge in [-0.3, -0.25) is 67.1 Å². The Kier molecular flexibility index (Phi) is 37.5. The van der Waals surface area contributed by atoms with Gasteiger partial charge in [0.2, 0.25) is 82.7 Å². The van der Waals surface area contributed by atoms with Crippen LogP contribution in [0.25, 0.3) is 0 Å². The first kappa shape index (κ1) is 98.0. The lowest BCUT2D eigenvalue weighted by atomic mass is 9.93. The summed E-state index contributed by atoms with van der Waals surface area (Å²) in [4.78, 5) is 220. The molecule has 114 heavy (non-hydrogen) atoms. The Balaban J connectivity index is 1.54. The minimum absolute atomic E-state index is 0.0842. The van der Waals surface area contributed by atoms with Crippen molar-refractivity contribution in [3.63, 3.8) is 0 Å². The molecule has 0 aliphatic carbocycles. The number of likely N-dealkylation sites (N-methyl/N-ethyl adjacent to an activating group) is 12. The van der Waals surface area contributed by atoms with Gasteiger partial charge in [0, 0.05) is 109 Å². The third kappa shape index (κ3) is 23.5. The van der Waals surface area contributed by atoms with E-state index in [0.717, 1.165) is 11.1 Å². The van der Waals surface area contributed by atoms with Crippen LogP contribution in [0.4, 0.5) is 0 Å². The summed E-state index contributed by atoms with van der Waals surface area (Å²) in [5, 5.41) is 16.0. The van der Waals surface area contributed by atoms with Crippen LogP contribution in [-0.2, 0) is 80.0 Å². The highest BCUT2D eigenvalue weighted by Crippen LogP contribution is 2.32. The Hall–Kier alpha value is -8.32. The predicted molar refractivity (Wildman–Crippen MR) is 444 cm³/mol. The molecule has 0 unspecified atom stereocenters. The lowest BCUT2D eigenvalue weighted by Crippen LogP contribution is -2.63. The fourth-order valence-electron chi connectivity index (χ4n) is 15.6. The Morgan fingerprint density at radius 3 is 1.09 bits per heavy atom. The lowest BCUT2D eigenvalue weighted by Gasteiger charge is -2.43. The van der Waals surface area contributed by atoms with Crippen molar-refractivity contribution in [2.75, 3.05) is 103 Å². The largest absolute Gasteiger partial charge is 0.394 e. The average molecular weight is 1630 g/mol. The minimum atomic E-state index is -1.22. The van der Waals surface area contributed by atoms with E-state index in [2.05, 4.69) is 10.6 Å². The van der Waals surface area contributed by atoms with Crippen molar-refractivity contribution < 1.29 is 72.2 Å². The van der Waals surface area contributed by atoms with Crippen LogP contribution in [0, 0.1) is 41.4 Å². The lowest BCUT2D eigenvalue weighted by molar-refractivity contribution is -0.160. The van der Waals surface area contributed by atoms with Crippen LogP contribution in [0.5, 0.6) is 0 Å². The summed E-state index contributed by atoms with van der Waals surface area (Å²) >= 11 is 0. The fourth-order valence-corrected chi connectivity index (χ4v) is 18.2. The summed E-state index contributed by atoms with van der Waals surface area (Å²) in [7, 11) is 20.4. The number of hydrogen-bond donors (Lipinski definition) is 3. The van der Waals surface area contributed by atoms with E-state index in [1.807, 2.05) is 74.5 Å². The first-order valence-corrected chi connectivity index (χ1v) is 42.3. The van der Waals surface area contributed by atoms with Gasteiger partial charge < -0.3 is 74.5 Å². The molecule has 2 aliphatic rings. The van der Waals surface area contributed by atoms with Crippen LogP contribution in [0.3, 0.4) is 0 Å². The molecule has 4 rings (SSSR count). The van der Waals surface area contributed by atoms with Crippen molar-refractivity contribution >= 4 is 104 Å². The van der Waals surface area contributed by atoms with Crippen molar-refractivity contribution in [3.05, 3.63) is 71.8 Å². The van der Waals surface area contributed by atoms with Gasteiger partial charge in [-0.2, -0.15) is 0 Å². The third-order valence-corrected chi connectivity index (χ3v) is 25.4. The Bertz CT molecular complexity index is 3670. The first-order chi connectivity index (χ1) is 53.1. The molecule has 0 bridgehead atoms. The zero-order valence-electron chi connectivity index (χ0n) is 72.9. The number of likely N-dealkylation sites (tertiary alicyclic amines) is 1. The normalized spacial score (nSPS) is 18.5. The molecule has 0 spiro atoms. The van der Waals surface area contributed by atoms with Crippen LogP contribution in [0.2, 0.25) is 0 Å². The van der Waals surface area contributed by atoms with Gasteiger partial charge in [0.1, 0.15) is 78.5 Å². The van der Waals surface area contributed by atoms with Gasteiger partial charge >= 0.3 is 0 Å². The Labute approximate surface area is 685 Å². The quantitative estimate of drug-likeness (QED) is 0.0780. The van der Waals surface area contributed by atoms with E-state index >= 15 is 24.0 Å². The predicted octanol–water partition coefficient (Wildman–Crippen LogP) is 4.57. The second-order valence-electron chi connectivity index (χ2n) is 33.2. The van der Waals surface area contributed by atoms with E-state index in [1.165, 1.54) is 172 Å². The molecule has 0 radical (unpaired) electrons. The van der Waals surface area contributed by atoms with Crippen molar-refractivity contribution in [3.8, 4) is 0 Å². The molecule has 2 heterocycles. The number of carbonyl (C=O) groups is 14. The summed E-state index contributed by atoms with van der Waals surface area (Å²) in [5.74, 6) is -10.9. The Morgan fingerprint density at radius 2 is 0.737 bits per heavy atom. The molecule has 2 fully saturated rings. The van der Waals surface area contributed by atoms with Crippen LogP contribution < -0.4 is 10.6 Å². The Morgan fingerprint density at radius 1 is 0.412 bits per heavy atom. The molecule has 29 nitrogen and oxygen atoms in total. The second-order valence-corrected chi connectivity index (χ2v) is 35.8. The number of benzene rings is 2. The van der Waals surface area contributed by atoms with Gasteiger partial charge in [0.15, 0.2) is 0 Å². The average Bonchev–Trinajstić information content (AvgIpc) is 0.908. The van der Waals surface area contributed by atoms with E-state index in [9.17, 15) is 48.3 Å². The van der Waals surface area contributed by atoms with E-state index in [-0.39, 0.29) is 43.3 Å². The van der Waals surface area contributed by atoms with Gasteiger partial charge in [-0.1, -0.05) is 186 Å². The molecule has 31 heteroatoms. The summed E-state index contributed by atoms with van der Waals surface area (Å²) in [5.41, 5.74) is 1.65.